The second-order valence-electron chi connectivity index (χ2n) is 6.21. The molecule has 1 aliphatic rings. The summed E-state index contributed by atoms with van der Waals surface area (Å²) in [5.74, 6) is 0.551. The van der Waals surface area contributed by atoms with Crippen molar-refractivity contribution >= 4 is 5.91 Å². The monoisotopic (exact) mass is 274 g/mol. The Bertz CT molecular complexity index is 470. The van der Waals surface area contributed by atoms with E-state index in [1.807, 2.05) is 4.90 Å². The highest BCUT2D eigenvalue weighted by Crippen LogP contribution is 2.34. The van der Waals surface area contributed by atoms with Crippen LogP contribution in [0.5, 0.6) is 0 Å². The van der Waals surface area contributed by atoms with Crippen molar-refractivity contribution in [3.05, 3.63) is 35.4 Å². The lowest BCUT2D eigenvalue weighted by atomic mass is 9.98. The number of aryl methyl sites for hydroxylation is 1. The Labute approximate surface area is 122 Å². The zero-order chi connectivity index (χ0) is 14.7. The Morgan fingerprint density at radius 1 is 1.40 bits per heavy atom. The molecule has 1 amide bonds. The van der Waals surface area contributed by atoms with Crippen LogP contribution >= 0.6 is 0 Å². The number of likely N-dealkylation sites (tertiary alicyclic amines) is 1. The molecule has 0 radical (unpaired) electrons. The van der Waals surface area contributed by atoms with Gasteiger partial charge in [0.1, 0.15) is 0 Å². The van der Waals surface area contributed by atoms with Crippen molar-refractivity contribution in [2.75, 3.05) is 6.54 Å². The molecule has 2 atom stereocenters. The predicted octanol–water partition coefficient (Wildman–Crippen LogP) is 3.03. The minimum atomic E-state index is -0.0411. The summed E-state index contributed by atoms with van der Waals surface area (Å²) < 4.78 is 0. The van der Waals surface area contributed by atoms with Crippen LogP contribution in [0.2, 0.25) is 0 Å². The van der Waals surface area contributed by atoms with Gasteiger partial charge in [0.2, 0.25) is 5.91 Å². The summed E-state index contributed by atoms with van der Waals surface area (Å²) in [6, 6.07) is 8.57. The first-order valence-corrected chi connectivity index (χ1v) is 7.61. The Morgan fingerprint density at radius 2 is 2.10 bits per heavy atom. The smallest absolute Gasteiger partial charge is 0.224 e. The van der Waals surface area contributed by atoms with E-state index in [2.05, 4.69) is 45.0 Å². The van der Waals surface area contributed by atoms with Crippen LogP contribution in [0.3, 0.4) is 0 Å². The summed E-state index contributed by atoms with van der Waals surface area (Å²) in [7, 11) is 0. The molecular formula is C17H26N2O. The van der Waals surface area contributed by atoms with E-state index in [-0.39, 0.29) is 18.0 Å². The zero-order valence-electron chi connectivity index (χ0n) is 12.8. The first kappa shape index (κ1) is 15.0. The highest BCUT2D eigenvalue weighted by molar-refractivity contribution is 5.77. The summed E-state index contributed by atoms with van der Waals surface area (Å²) in [6.45, 7) is 7.13. The highest BCUT2D eigenvalue weighted by Gasteiger charge is 2.31. The van der Waals surface area contributed by atoms with Gasteiger partial charge >= 0.3 is 0 Å². The van der Waals surface area contributed by atoms with Crippen molar-refractivity contribution in [3.8, 4) is 0 Å². The number of benzene rings is 1. The van der Waals surface area contributed by atoms with Crippen molar-refractivity contribution < 1.29 is 4.79 Å². The van der Waals surface area contributed by atoms with Crippen molar-refractivity contribution in [1.29, 1.82) is 0 Å². The minimum Gasteiger partial charge on any atom is -0.336 e. The van der Waals surface area contributed by atoms with Crippen LogP contribution in [0.4, 0.5) is 0 Å². The number of carbonyl (C=O) groups is 1. The van der Waals surface area contributed by atoms with E-state index < -0.39 is 0 Å². The molecule has 1 aliphatic heterocycles. The molecule has 0 saturated carbocycles. The van der Waals surface area contributed by atoms with Gasteiger partial charge in [0, 0.05) is 19.0 Å². The molecule has 1 heterocycles. The molecule has 1 aromatic rings. The summed E-state index contributed by atoms with van der Waals surface area (Å²) in [5.41, 5.74) is 8.61. The standard InChI is InChI=1S/C17H26N2O/c1-12(2)15(18)11-17(20)19-10-6-9-16(19)14-8-5-4-7-13(14)3/h4-5,7-8,12,15-16H,6,9-11,18H2,1-3H3. The molecule has 20 heavy (non-hydrogen) atoms. The fourth-order valence-corrected chi connectivity index (χ4v) is 2.90. The van der Waals surface area contributed by atoms with Gasteiger partial charge in [-0.3, -0.25) is 4.79 Å². The normalized spacial score (nSPS) is 20.4. The summed E-state index contributed by atoms with van der Waals surface area (Å²) in [6.07, 6.45) is 2.61. The van der Waals surface area contributed by atoms with E-state index in [1.165, 1.54) is 11.1 Å². The first-order valence-electron chi connectivity index (χ1n) is 7.61. The molecule has 0 aliphatic carbocycles. The number of amides is 1. The van der Waals surface area contributed by atoms with E-state index in [9.17, 15) is 4.79 Å². The van der Waals surface area contributed by atoms with E-state index in [1.54, 1.807) is 0 Å². The summed E-state index contributed by atoms with van der Waals surface area (Å²) >= 11 is 0. The van der Waals surface area contributed by atoms with Gasteiger partial charge in [-0.1, -0.05) is 38.1 Å². The molecule has 1 fully saturated rings. The predicted molar refractivity (Wildman–Crippen MR) is 82.3 cm³/mol. The quantitative estimate of drug-likeness (QED) is 0.917. The Morgan fingerprint density at radius 3 is 2.75 bits per heavy atom. The summed E-state index contributed by atoms with van der Waals surface area (Å²) in [4.78, 5) is 14.5. The van der Waals surface area contributed by atoms with Crippen LogP contribution in [-0.4, -0.2) is 23.4 Å². The van der Waals surface area contributed by atoms with Gasteiger partial charge in [-0.15, -0.1) is 0 Å². The number of hydrogen-bond acceptors (Lipinski definition) is 2. The van der Waals surface area contributed by atoms with Gasteiger partial charge in [-0.05, 0) is 36.8 Å². The van der Waals surface area contributed by atoms with E-state index in [0.29, 0.717) is 12.3 Å². The lowest BCUT2D eigenvalue weighted by molar-refractivity contribution is -0.132. The molecule has 3 heteroatoms. The first-order chi connectivity index (χ1) is 9.50. The van der Waals surface area contributed by atoms with Crippen molar-refractivity contribution in [2.45, 2.75) is 52.1 Å². The van der Waals surface area contributed by atoms with Gasteiger partial charge < -0.3 is 10.6 Å². The van der Waals surface area contributed by atoms with Crippen molar-refractivity contribution in [2.24, 2.45) is 11.7 Å². The fourth-order valence-electron chi connectivity index (χ4n) is 2.90. The Balaban J connectivity index is 2.11. The SMILES string of the molecule is Cc1ccccc1C1CCCN1C(=O)CC(N)C(C)C. The Kier molecular flexibility index (Phi) is 4.81. The van der Waals surface area contributed by atoms with Gasteiger partial charge in [0.25, 0.3) is 0 Å². The third-order valence-electron chi connectivity index (χ3n) is 4.39. The number of nitrogens with two attached hydrogens (primary N) is 1. The maximum Gasteiger partial charge on any atom is 0.224 e. The van der Waals surface area contributed by atoms with E-state index in [4.69, 9.17) is 5.73 Å². The molecule has 3 nitrogen and oxygen atoms in total. The fraction of sp³-hybridized carbons (Fsp3) is 0.588. The molecule has 110 valence electrons. The molecule has 0 spiro atoms. The largest absolute Gasteiger partial charge is 0.336 e. The van der Waals surface area contributed by atoms with Crippen LogP contribution in [0.1, 0.15) is 50.3 Å². The van der Waals surface area contributed by atoms with Gasteiger partial charge in [0.05, 0.1) is 6.04 Å². The van der Waals surface area contributed by atoms with Crippen LogP contribution < -0.4 is 5.73 Å². The van der Waals surface area contributed by atoms with Crippen molar-refractivity contribution in [1.82, 2.24) is 4.90 Å². The number of hydrogen-bond donors (Lipinski definition) is 1. The van der Waals surface area contributed by atoms with E-state index in [0.717, 1.165) is 19.4 Å². The third-order valence-corrected chi connectivity index (χ3v) is 4.39. The highest BCUT2D eigenvalue weighted by atomic mass is 16.2. The zero-order valence-corrected chi connectivity index (χ0v) is 12.8. The molecular weight excluding hydrogens is 248 g/mol. The second-order valence-corrected chi connectivity index (χ2v) is 6.21. The van der Waals surface area contributed by atoms with Crippen LogP contribution in [0.25, 0.3) is 0 Å². The second kappa shape index (κ2) is 6.40. The lowest BCUT2D eigenvalue weighted by Gasteiger charge is -2.28. The molecule has 1 aromatic carbocycles. The lowest BCUT2D eigenvalue weighted by Crippen LogP contribution is -2.37. The van der Waals surface area contributed by atoms with Crippen LogP contribution in [-0.2, 0) is 4.79 Å². The number of carbonyl (C=O) groups excluding carboxylic acids is 1. The molecule has 2 rings (SSSR count). The van der Waals surface area contributed by atoms with Gasteiger partial charge in [-0.25, -0.2) is 0 Å². The van der Waals surface area contributed by atoms with Crippen LogP contribution in [0, 0.1) is 12.8 Å². The molecule has 2 unspecified atom stereocenters. The number of nitrogens with zero attached hydrogens (tertiary/aromatic N) is 1. The maximum atomic E-state index is 12.5. The van der Waals surface area contributed by atoms with E-state index >= 15 is 0 Å². The van der Waals surface area contributed by atoms with Gasteiger partial charge in [-0.2, -0.15) is 0 Å². The average molecular weight is 274 g/mol. The van der Waals surface area contributed by atoms with Crippen molar-refractivity contribution in [3.63, 3.8) is 0 Å². The average Bonchev–Trinajstić information content (AvgIpc) is 2.88. The minimum absolute atomic E-state index is 0.0411. The maximum absolute atomic E-state index is 12.5. The number of rotatable bonds is 4. The molecule has 0 bridgehead atoms. The third kappa shape index (κ3) is 3.21. The summed E-state index contributed by atoms with van der Waals surface area (Å²) in [5, 5.41) is 0. The van der Waals surface area contributed by atoms with Gasteiger partial charge in [0.15, 0.2) is 0 Å². The van der Waals surface area contributed by atoms with Crippen LogP contribution in [0.15, 0.2) is 24.3 Å². The molecule has 0 aromatic heterocycles. The topological polar surface area (TPSA) is 46.3 Å². The Hall–Kier alpha value is -1.35. The molecule has 1 saturated heterocycles. The molecule has 2 N–H and O–H groups in total.